The second-order valence-corrected chi connectivity index (χ2v) is 16.2. The Morgan fingerprint density at radius 1 is 1.18 bits per heavy atom. The second kappa shape index (κ2) is 14.0. The number of carbonyl (C=O) groups is 1. The Hall–Kier alpha value is -1.37. The van der Waals surface area contributed by atoms with Crippen LogP contribution in [-0.4, -0.2) is 102 Å². The van der Waals surface area contributed by atoms with Crippen LogP contribution < -0.4 is 5.32 Å². The van der Waals surface area contributed by atoms with Gasteiger partial charge in [-0.3, -0.25) is 19.7 Å². The number of fused-ring (bicyclic) bond motifs is 2. The number of hydroxylamine groups is 2. The van der Waals surface area contributed by atoms with E-state index in [1.165, 1.54) is 6.42 Å². The molecule has 0 radical (unpaired) electrons. The van der Waals surface area contributed by atoms with E-state index in [1.54, 1.807) is 38.1 Å². The molecule has 1 saturated heterocycles. The number of nitrogens with zero attached hydrogens (tertiary/aromatic N) is 3. The van der Waals surface area contributed by atoms with Crippen LogP contribution in [0.5, 0.6) is 0 Å². The number of nitrogens with one attached hydrogen (secondary N) is 1. The summed E-state index contributed by atoms with van der Waals surface area (Å²) in [6.07, 6.45) is 6.74. The molecule has 0 aromatic carbocycles. The first-order valence-electron chi connectivity index (χ1n) is 17.6. The van der Waals surface area contributed by atoms with Gasteiger partial charge in [-0.15, -0.1) is 0 Å². The Kier molecular flexibility index (Phi) is 10.9. The standard InChI is InChI=1S/C34H60N4O7/c1-19-26-15-24(34(26,3)4)16-27(19)35-32(41)30-29(20(2)40)28(18-39)45-37(30)17-23-9-8-10-25(31(23)44-7)21-11-13-22(14-12-21)33(36(5)6)38(42)43/h19-31,33,39-40H,8-18H2,1-7H3,(H,35,41)/t19-,20-,21?,22?,23?,24+,25?,26-,27-,28-,29-,30-,31?,33?/m0/s1. The van der Waals surface area contributed by atoms with Gasteiger partial charge in [0.05, 0.1) is 18.8 Å². The summed E-state index contributed by atoms with van der Waals surface area (Å²) in [4.78, 5) is 33.8. The van der Waals surface area contributed by atoms with Crippen molar-refractivity contribution in [1.29, 1.82) is 0 Å². The Morgan fingerprint density at radius 2 is 1.87 bits per heavy atom. The number of carbonyl (C=O) groups excluding carboxylic acids is 1. The van der Waals surface area contributed by atoms with Gasteiger partial charge in [-0.25, -0.2) is 4.90 Å². The van der Waals surface area contributed by atoms with Gasteiger partial charge in [0.25, 0.3) is 6.17 Å². The highest BCUT2D eigenvalue weighted by Gasteiger charge is 2.58. The van der Waals surface area contributed by atoms with E-state index in [0.29, 0.717) is 41.5 Å². The molecule has 4 unspecified atom stereocenters. The summed E-state index contributed by atoms with van der Waals surface area (Å²) in [6.45, 7) is 8.87. The highest BCUT2D eigenvalue weighted by molar-refractivity contribution is 5.82. The number of aliphatic hydroxyl groups is 2. The van der Waals surface area contributed by atoms with Crippen LogP contribution in [0.2, 0.25) is 0 Å². The zero-order valence-corrected chi connectivity index (χ0v) is 28.6. The van der Waals surface area contributed by atoms with Crippen molar-refractivity contribution in [2.75, 3.05) is 34.4 Å². The molecular formula is C34H60N4O7. The van der Waals surface area contributed by atoms with Crippen molar-refractivity contribution in [1.82, 2.24) is 15.3 Å². The monoisotopic (exact) mass is 636 g/mol. The van der Waals surface area contributed by atoms with Crippen LogP contribution in [0, 0.1) is 62.9 Å². The first-order valence-corrected chi connectivity index (χ1v) is 17.6. The van der Waals surface area contributed by atoms with E-state index in [1.807, 2.05) is 0 Å². The fourth-order valence-electron chi connectivity index (χ4n) is 10.8. The molecule has 6 aliphatic rings. The summed E-state index contributed by atoms with van der Waals surface area (Å²) < 4.78 is 6.23. The number of hydrogen-bond donors (Lipinski definition) is 3. The molecule has 0 aromatic heterocycles. The van der Waals surface area contributed by atoms with E-state index < -0.39 is 30.3 Å². The number of methoxy groups -OCH3 is 1. The van der Waals surface area contributed by atoms with Crippen molar-refractivity contribution < 1.29 is 29.5 Å². The average Bonchev–Trinajstić information content (AvgIpc) is 3.36. The molecule has 11 nitrogen and oxygen atoms in total. The van der Waals surface area contributed by atoms with Crippen LogP contribution in [0.1, 0.15) is 85.5 Å². The Labute approximate surface area is 269 Å². The first kappa shape index (κ1) is 35.0. The minimum atomic E-state index is -0.823. The molecular weight excluding hydrogens is 576 g/mol. The molecule has 2 bridgehead atoms. The quantitative estimate of drug-likeness (QED) is 0.177. The van der Waals surface area contributed by atoms with Crippen LogP contribution in [-0.2, 0) is 14.4 Å². The second-order valence-electron chi connectivity index (χ2n) is 16.2. The van der Waals surface area contributed by atoms with E-state index in [-0.39, 0.29) is 41.4 Å². The molecule has 3 N–H and O–H groups in total. The highest BCUT2D eigenvalue weighted by Crippen LogP contribution is 2.61. The molecule has 12 atom stereocenters. The Bertz CT molecular complexity index is 1030. The maximum atomic E-state index is 14.1. The molecule has 6 fully saturated rings. The van der Waals surface area contributed by atoms with Crippen molar-refractivity contribution in [3.8, 4) is 0 Å². The lowest BCUT2D eigenvalue weighted by Gasteiger charge is -2.62. The third-order valence-corrected chi connectivity index (χ3v) is 13.3. The molecule has 1 amide bonds. The van der Waals surface area contributed by atoms with Gasteiger partial charge in [-0.2, -0.15) is 5.06 Å². The van der Waals surface area contributed by atoms with Crippen molar-refractivity contribution >= 4 is 5.91 Å². The molecule has 11 heteroatoms. The van der Waals surface area contributed by atoms with Crippen molar-refractivity contribution in [2.24, 2.45) is 52.8 Å². The van der Waals surface area contributed by atoms with Crippen LogP contribution in [0.25, 0.3) is 0 Å². The first-order chi connectivity index (χ1) is 21.3. The van der Waals surface area contributed by atoms with E-state index >= 15 is 0 Å². The zero-order valence-electron chi connectivity index (χ0n) is 28.6. The van der Waals surface area contributed by atoms with Crippen molar-refractivity contribution in [3.05, 3.63) is 10.1 Å². The minimum absolute atomic E-state index is 0.0151. The number of aliphatic hydroxyl groups excluding tert-OH is 2. The van der Waals surface area contributed by atoms with Gasteiger partial charge in [0.15, 0.2) is 0 Å². The summed E-state index contributed by atoms with van der Waals surface area (Å²) in [6, 6.07) is -0.596. The lowest BCUT2D eigenvalue weighted by atomic mass is 9.45. The summed E-state index contributed by atoms with van der Waals surface area (Å²) in [5.41, 5.74) is 0.319. The normalized spacial score (nSPS) is 43.0. The Balaban J connectivity index is 1.27. The summed E-state index contributed by atoms with van der Waals surface area (Å²) in [5.74, 6) is 1.91. The summed E-state index contributed by atoms with van der Waals surface area (Å²) in [5, 5.41) is 38.0. The zero-order chi connectivity index (χ0) is 32.8. The fourth-order valence-corrected chi connectivity index (χ4v) is 10.8. The number of nitro groups is 1. The number of hydrogen-bond acceptors (Lipinski definition) is 9. The molecule has 5 aliphatic carbocycles. The van der Waals surface area contributed by atoms with Crippen molar-refractivity contribution in [3.63, 3.8) is 0 Å². The lowest BCUT2D eigenvalue weighted by molar-refractivity contribution is -0.559. The lowest BCUT2D eigenvalue weighted by Crippen LogP contribution is -2.62. The summed E-state index contributed by atoms with van der Waals surface area (Å²) in [7, 11) is 5.36. The maximum absolute atomic E-state index is 14.1. The van der Waals surface area contributed by atoms with Gasteiger partial charge in [-0.1, -0.05) is 27.2 Å². The van der Waals surface area contributed by atoms with E-state index in [9.17, 15) is 25.1 Å². The minimum Gasteiger partial charge on any atom is -0.394 e. The van der Waals surface area contributed by atoms with Gasteiger partial charge in [0.1, 0.15) is 12.1 Å². The highest BCUT2D eigenvalue weighted by atomic mass is 16.7. The molecule has 0 spiro atoms. The molecule has 45 heavy (non-hydrogen) atoms. The molecule has 5 saturated carbocycles. The SMILES string of the molecule is COC1C(CN2O[C@@H](CO)[C@H]([C@H](C)O)[C@H]2C(=O)N[C@H]2C[C@H]3C[C@@H]([C@@H]2C)C3(C)C)CCCC1C1CCC(C(N(C)C)[N+](=O)[O-])CC1. The topological polar surface area (TPSA) is 138 Å². The number of amides is 1. The number of rotatable bonds is 11. The largest absolute Gasteiger partial charge is 0.394 e. The fraction of sp³-hybridized carbons (Fsp3) is 0.971. The predicted molar refractivity (Wildman–Crippen MR) is 170 cm³/mol. The van der Waals surface area contributed by atoms with Gasteiger partial charge in [0, 0.05) is 42.4 Å². The average molecular weight is 637 g/mol. The van der Waals surface area contributed by atoms with Crippen molar-refractivity contribution in [2.45, 2.75) is 122 Å². The van der Waals surface area contributed by atoms with Crippen LogP contribution in [0.3, 0.4) is 0 Å². The smallest absolute Gasteiger partial charge is 0.270 e. The number of ether oxygens (including phenoxy) is 1. The molecule has 1 aliphatic heterocycles. The van der Waals surface area contributed by atoms with Gasteiger partial charge < -0.3 is 20.3 Å². The molecule has 0 aromatic rings. The summed E-state index contributed by atoms with van der Waals surface area (Å²) >= 11 is 0. The third-order valence-electron chi connectivity index (χ3n) is 13.3. The van der Waals surface area contributed by atoms with E-state index in [4.69, 9.17) is 9.57 Å². The van der Waals surface area contributed by atoms with E-state index in [2.05, 4.69) is 26.1 Å². The Morgan fingerprint density at radius 3 is 2.40 bits per heavy atom. The van der Waals surface area contributed by atoms with Gasteiger partial charge in [0.2, 0.25) is 5.91 Å². The molecule has 6 rings (SSSR count). The van der Waals surface area contributed by atoms with Gasteiger partial charge >= 0.3 is 0 Å². The van der Waals surface area contributed by atoms with Crippen LogP contribution >= 0.6 is 0 Å². The predicted octanol–water partition coefficient (Wildman–Crippen LogP) is 3.55. The third kappa shape index (κ3) is 6.68. The van der Waals surface area contributed by atoms with Crippen LogP contribution in [0.15, 0.2) is 0 Å². The van der Waals surface area contributed by atoms with Gasteiger partial charge in [-0.05, 0) is 107 Å². The van der Waals surface area contributed by atoms with Crippen LogP contribution in [0.4, 0.5) is 0 Å². The maximum Gasteiger partial charge on any atom is 0.270 e. The molecule has 258 valence electrons. The van der Waals surface area contributed by atoms with E-state index in [0.717, 1.165) is 51.4 Å². The molecule has 1 heterocycles.